The molecule has 2 amide bonds. The minimum Gasteiger partial charge on any atom is -0.338 e. The number of nitrogens with zero attached hydrogens (tertiary/aromatic N) is 1. The van der Waals surface area contributed by atoms with Crippen LogP contribution < -0.4 is 10.6 Å². The van der Waals surface area contributed by atoms with E-state index in [1.54, 1.807) is 6.07 Å². The van der Waals surface area contributed by atoms with Crippen LogP contribution in [0.2, 0.25) is 0 Å². The van der Waals surface area contributed by atoms with Crippen molar-refractivity contribution >= 4 is 45.6 Å². The molecule has 6 rings (SSSR count). The first-order valence-corrected chi connectivity index (χ1v) is 12.3. The summed E-state index contributed by atoms with van der Waals surface area (Å²) in [6.07, 6.45) is 4.75. The molecule has 2 fully saturated rings. The minimum absolute atomic E-state index is 0.118. The van der Waals surface area contributed by atoms with Crippen LogP contribution >= 0.6 is 11.3 Å². The molecule has 3 unspecified atom stereocenters. The summed E-state index contributed by atoms with van der Waals surface area (Å²) >= 11 is 1.50. The Morgan fingerprint density at radius 3 is 2.55 bits per heavy atom. The van der Waals surface area contributed by atoms with Gasteiger partial charge in [-0.15, -0.1) is 0 Å². The number of hydrogen-bond donors (Lipinski definition) is 3. The van der Waals surface area contributed by atoms with Crippen LogP contribution in [-0.4, -0.2) is 21.8 Å². The molecule has 2 saturated carbocycles. The molecule has 0 aliphatic heterocycles. The zero-order valence-corrected chi connectivity index (χ0v) is 18.8. The first-order valence-electron chi connectivity index (χ1n) is 11.4. The summed E-state index contributed by atoms with van der Waals surface area (Å²) in [5.74, 6) is 2.26. The van der Waals surface area contributed by atoms with Crippen molar-refractivity contribution < 1.29 is 9.59 Å². The van der Waals surface area contributed by atoms with E-state index in [-0.39, 0.29) is 17.7 Å². The van der Waals surface area contributed by atoms with E-state index in [0.29, 0.717) is 11.5 Å². The van der Waals surface area contributed by atoms with Crippen LogP contribution in [0.4, 0.5) is 11.4 Å². The van der Waals surface area contributed by atoms with E-state index in [9.17, 15) is 9.59 Å². The molecule has 0 radical (unpaired) electrons. The quantitative estimate of drug-likeness (QED) is 0.348. The van der Waals surface area contributed by atoms with E-state index < -0.39 is 0 Å². The second-order valence-electron chi connectivity index (χ2n) is 9.13. The van der Waals surface area contributed by atoms with Crippen molar-refractivity contribution in [3.8, 4) is 11.4 Å². The normalized spacial score (nSPS) is 21.4. The van der Waals surface area contributed by atoms with Gasteiger partial charge >= 0.3 is 0 Å². The summed E-state index contributed by atoms with van der Waals surface area (Å²) in [5.41, 5.74) is 4.84. The molecule has 166 valence electrons. The molecule has 2 aliphatic rings. The van der Waals surface area contributed by atoms with Crippen molar-refractivity contribution in [2.24, 2.45) is 17.8 Å². The average Bonchev–Trinajstić information content (AvgIpc) is 3.63. The number of hydrogen-bond acceptors (Lipinski definition) is 4. The lowest BCUT2D eigenvalue weighted by atomic mass is 9.88. The summed E-state index contributed by atoms with van der Waals surface area (Å²) in [4.78, 5) is 33.1. The number of thiophene rings is 1. The van der Waals surface area contributed by atoms with Gasteiger partial charge in [0, 0.05) is 28.2 Å². The van der Waals surface area contributed by atoms with Gasteiger partial charge in [0.25, 0.3) is 5.91 Å². The lowest BCUT2D eigenvalue weighted by molar-refractivity contribution is -0.121. The predicted octanol–water partition coefficient (Wildman–Crippen LogP) is 5.92. The summed E-state index contributed by atoms with van der Waals surface area (Å²) in [6, 6.07) is 15.2. The fourth-order valence-corrected chi connectivity index (χ4v) is 5.97. The van der Waals surface area contributed by atoms with Crippen LogP contribution in [0, 0.1) is 17.8 Å². The van der Waals surface area contributed by atoms with Gasteiger partial charge in [-0.1, -0.05) is 6.42 Å². The van der Waals surface area contributed by atoms with Crippen LogP contribution in [0.3, 0.4) is 0 Å². The highest BCUT2D eigenvalue weighted by Crippen LogP contribution is 2.48. The molecular weight excluding hydrogens is 432 g/mol. The molecule has 2 aromatic carbocycles. The highest BCUT2D eigenvalue weighted by molar-refractivity contribution is 7.08. The highest BCUT2D eigenvalue weighted by atomic mass is 32.1. The van der Waals surface area contributed by atoms with E-state index >= 15 is 0 Å². The Morgan fingerprint density at radius 2 is 1.82 bits per heavy atom. The Kier molecular flexibility index (Phi) is 4.99. The molecule has 0 saturated heterocycles. The molecular formula is C26H24N4O2S. The summed E-state index contributed by atoms with van der Waals surface area (Å²) in [7, 11) is 0. The maximum atomic E-state index is 12.8. The van der Waals surface area contributed by atoms with Crippen LogP contribution in [0.15, 0.2) is 59.3 Å². The Hall–Kier alpha value is -3.45. The third-order valence-electron chi connectivity index (χ3n) is 7.02. The lowest BCUT2D eigenvalue weighted by Gasteiger charge is -2.20. The summed E-state index contributed by atoms with van der Waals surface area (Å²) in [6.45, 7) is 0. The Labute approximate surface area is 195 Å². The standard InChI is InChI=1S/C26H24N4O2S/c31-25(18-9-10-33-14-18)27-19-5-3-16(4-6-19)24-29-22-8-7-20(13-23(22)30-24)28-26(32)21-12-15-1-2-17(21)11-15/h3-10,13-15,17,21H,1-2,11-12H2,(H,27,31)(H,28,32)(H,29,30). The SMILES string of the molecule is O=C(Nc1ccc(-c2nc3ccc(NC(=O)C4CC5CCC4C5)cc3[nH]2)cc1)c1ccsc1. The van der Waals surface area contributed by atoms with Crippen LogP contribution in [0.1, 0.15) is 36.0 Å². The number of H-pyrrole nitrogens is 1. The zero-order valence-electron chi connectivity index (χ0n) is 18.0. The van der Waals surface area contributed by atoms with Crippen molar-refractivity contribution in [2.45, 2.75) is 25.7 Å². The number of carbonyl (C=O) groups is 2. The molecule has 6 nitrogen and oxygen atoms in total. The Balaban J connectivity index is 1.16. The monoisotopic (exact) mass is 456 g/mol. The van der Waals surface area contributed by atoms with Gasteiger partial charge in [-0.3, -0.25) is 9.59 Å². The number of anilines is 2. The fraction of sp³-hybridized carbons (Fsp3) is 0.269. The van der Waals surface area contributed by atoms with Crippen LogP contribution in [0.5, 0.6) is 0 Å². The number of carbonyl (C=O) groups excluding carboxylic acids is 2. The average molecular weight is 457 g/mol. The summed E-state index contributed by atoms with van der Waals surface area (Å²) < 4.78 is 0. The largest absolute Gasteiger partial charge is 0.338 e. The Bertz CT molecular complexity index is 1330. The van der Waals surface area contributed by atoms with E-state index in [4.69, 9.17) is 0 Å². The van der Waals surface area contributed by atoms with Crippen molar-refractivity contribution in [2.75, 3.05) is 10.6 Å². The molecule has 7 heteroatoms. The van der Waals surface area contributed by atoms with Gasteiger partial charge in [-0.25, -0.2) is 4.98 Å². The number of imidazole rings is 1. The molecule has 0 spiro atoms. The number of aromatic amines is 1. The maximum absolute atomic E-state index is 12.8. The number of rotatable bonds is 5. The van der Waals surface area contributed by atoms with Crippen molar-refractivity contribution in [1.82, 2.24) is 9.97 Å². The molecule has 33 heavy (non-hydrogen) atoms. The van der Waals surface area contributed by atoms with Gasteiger partial charge in [-0.2, -0.15) is 11.3 Å². The first kappa shape index (κ1) is 20.2. The molecule has 2 aliphatic carbocycles. The Morgan fingerprint density at radius 1 is 0.970 bits per heavy atom. The van der Waals surface area contributed by atoms with Gasteiger partial charge in [-0.05, 0) is 85.0 Å². The molecule has 2 heterocycles. The topological polar surface area (TPSA) is 86.9 Å². The number of nitrogens with one attached hydrogen (secondary N) is 3. The van der Waals surface area contributed by atoms with Gasteiger partial charge in [0.05, 0.1) is 16.6 Å². The minimum atomic E-state index is -0.118. The molecule has 2 bridgehead atoms. The number of aromatic nitrogens is 2. The molecule has 3 atom stereocenters. The second kappa shape index (κ2) is 8.15. The molecule has 2 aromatic heterocycles. The van der Waals surface area contributed by atoms with E-state index in [2.05, 4.69) is 20.6 Å². The van der Waals surface area contributed by atoms with Crippen molar-refractivity contribution in [3.63, 3.8) is 0 Å². The first-order chi connectivity index (χ1) is 16.1. The third-order valence-corrected chi connectivity index (χ3v) is 7.71. The fourth-order valence-electron chi connectivity index (χ4n) is 5.33. The van der Waals surface area contributed by atoms with Crippen molar-refractivity contribution in [3.05, 3.63) is 64.9 Å². The third kappa shape index (κ3) is 3.93. The van der Waals surface area contributed by atoms with E-state index in [1.165, 1.54) is 30.6 Å². The molecule has 4 aromatic rings. The number of benzene rings is 2. The van der Waals surface area contributed by atoms with E-state index in [1.807, 2.05) is 53.2 Å². The van der Waals surface area contributed by atoms with Gasteiger partial charge in [0.1, 0.15) is 5.82 Å². The lowest BCUT2D eigenvalue weighted by Crippen LogP contribution is -2.27. The van der Waals surface area contributed by atoms with Gasteiger partial charge in [0.2, 0.25) is 5.91 Å². The van der Waals surface area contributed by atoms with Crippen LogP contribution in [-0.2, 0) is 4.79 Å². The van der Waals surface area contributed by atoms with Crippen molar-refractivity contribution in [1.29, 1.82) is 0 Å². The van der Waals surface area contributed by atoms with Gasteiger partial charge in [0.15, 0.2) is 0 Å². The second-order valence-corrected chi connectivity index (χ2v) is 9.91. The number of fused-ring (bicyclic) bond motifs is 3. The van der Waals surface area contributed by atoms with E-state index in [0.717, 1.165) is 46.1 Å². The summed E-state index contributed by atoms with van der Waals surface area (Å²) in [5, 5.41) is 9.74. The number of amides is 2. The maximum Gasteiger partial charge on any atom is 0.256 e. The highest BCUT2D eigenvalue weighted by Gasteiger charge is 2.43. The van der Waals surface area contributed by atoms with Gasteiger partial charge < -0.3 is 15.6 Å². The smallest absolute Gasteiger partial charge is 0.256 e. The predicted molar refractivity (Wildman–Crippen MR) is 131 cm³/mol. The zero-order chi connectivity index (χ0) is 22.4. The van der Waals surface area contributed by atoms with Crippen LogP contribution in [0.25, 0.3) is 22.4 Å². The molecule has 3 N–H and O–H groups in total.